The van der Waals surface area contributed by atoms with Gasteiger partial charge in [-0.1, -0.05) is 12.1 Å². The van der Waals surface area contributed by atoms with Crippen molar-refractivity contribution in [3.05, 3.63) is 41.5 Å². The molecule has 1 aromatic heterocycles. The standard InChI is InChI=1S/C19H23F3N4O2/c1-2-16-24-17(28-25-16)11-9-14-7-8-15(10-11)26(14)18(27)23-13-5-3-12(4-6-13)19(20,21)22/h3-6,11,14-15,18,23,27H,2,7-10H2,1H3. The van der Waals surface area contributed by atoms with Gasteiger partial charge in [0, 0.05) is 30.1 Å². The van der Waals surface area contributed by atoms with Crippen LogP contribution in [0.25, 0.3) is 0 Å². The fraction of sp³-hybridized carbons (Fsp3) is 0.579. The molecule has 2 N–H and O–H groups in total. The summed E-state index contributed by atoms with van der Waals surface area (Å²) in [4.78, 5) is 6.47. The molecule has 3 atom stereocenters. The summed E-state index contributed by atoms with van der Waals surface area (Å²) in [5.74, 6) is 1.55. The minimum atomic E-state index is -4.37. The molecule has 2 aliphatic heterocycles. The molecular formula is C19H23F3N4O2. The molecule has 4 rings (SSSR count). The highest BCUT2D eigenvalue weighted by Crippen LogP contribution is 2.43. The summed E-state index contributed by atoms with van der Waals surface area (Å²) in [6.45, 7) is 1.98. The van der Waals surface area contributed by atoms with Gasteiger partial charge in [0.25, 0.3) is 0 Å². The van der Waals surface area contributed by atoms with Crippen molar-refractivity contribution in [3.8, 4) is 0 Å². The lowest BCUT2D eigenvalue weighted by atomic mass is 9.90. The Kier molecular flexibility index (Phi) is 5.05. The minimum absolute atomic E-state index is 0.165. The maximum Gasteiger partial charge on any atom is 0.416 e. The van der Waals surface area contributed by atoms with E-state index in [1.54, 1.807) is 0 Å². The summed E-state index contributed by atoms with van der Waals surface area (Å²) in [7, 11) is 0. The molecule has 0 amide bonds. The average Bonchev–Trinajstić information content (AvgIpc) is 3.24. The van der Waals surface area contributed by atoms with E-state index in [0.29, 0.717) is 17.4 Å². The Bertz CT molecular complexity index is 794. The van der Waals surface area contributed by atoms with Gasteiger partial charge in [0.2, 0.25) is 5.89 Å². The predicted molar refractivity (Wildman–Crippen MR) is 95.4 cm³/mol. The molecule has 2 bridgehead atoms. The van der Waals surface area contributed by atoms with Crippen LogP contribution in [0.5, 0.6) is 0 Å². The van der Waals surface area contributed by atoms with Crippen molar-refractivity contribution in [2.45, 2.75) is 69.6 Å². The van der Waals surface area contributed by atoms with E-state index < -0.39 is 18.1 Å². The van der Waals surface area contributed by atoms with Crippen LogP contribution in [0.4, 0.5) is 18.9 Å². The van der Waals surface area contributed by atoms with Gasteiger partial charge in [0.15, 0.2) is 12.2 Å². The van der Waals surface area contributed by atoms with Crippen molar-refractivity contribution in [1.29, 1.82) is 0 Å². The van der Waals surface area contributed by atoms with E-state index in [1.165, 1.54) is 12.1 Å². The summed E-state index contributed by atoms with van der Waals surface area (Å²) in [6, 6.07) is 5.03. The van der Waals surface area contributed by atoms with Crippen LogP contribution >= 0.6 is 0 Å². The predicted octanol–water partition coefficient (Wildman–Crippen LogP) is 3.75. The molecule has 0 spiro atoms. The second-order valence-electron chi connectivity index (χ2n) is 7.50. The third-order valence-electron chi connectivity index (χ3n) is 5.73. The first-order chi connectivity index (χ1) is 13.3. The van der Waals surface area contributed by atoms with Gasteiger partial charge in [-0.25, -0.2) is 0 Å². The van der Waals surface area contributed by atoms with Crippen LogP contribution in [-0.4, -0.2) is 38.6 Å². The number of aryl methyl sites for hydroxylation is 1. The van der Waals surface area contributed by atoms with Crippen molar-refractivity contribution in [2.75, 3.05) is 5.32 Å². The van der Waals surface area contributed by atoms with Gasteiger partial charge in [-0.05, 0) is 49.9 Å². The first-order valence-electron chi connectivity index (χ1n) is 9.57. The molecule has 0 radical (unpaired) electrons. The summed E-state index contributed by atoms with van der Waals surface area (Å²) in [5.41, 5.74) is -0.258. The van der Waals surface area contributed by atoms with Crippen molar-refractivity contribution in [3.63, 3.8) is 0 Å². The van der Waals surface area contributed by atoms with E-state index in [4.69, 9.17) is 4.52 Å². The fourth-order valence-corrected chi connectivity index (χ4v) is 4.37. The number of fused-ring (bicyclic) bond motifs is 2. The van der Waals surface area contributed by atoms with E-state index in [0.717, 1.165) is 44.2 Å². The first-order valence-corrected chi connectivity index (χ1v) is 9.57. The molecule has 3 heterocycles. The summed E-state index contributed by atoms with van der Waals surface area (Å²) in [5, 5.41) is 17.6. The van der Waals surface area contributed by atoms with Crippen LogP contribution in [-0.2, 0) is 12.6 Å². The van der Waals surface area contributed by atoms with Crippen LogP contribution in [0.2, 0.25) is 0 Å². The Morgan fingerprint density at radius 3 is 2.39 bits per heavy atom. The second kappa shape index (κ2) is 7.36. The highest BCUT2D eigenvalue weighted by atomic mass is 19.4. The molecular weight excluding hydrogens is 373 g/mol. The number of hydrogen-bond donors (Lipinski definition) is 2. The number of hydrogen-bond acceptors (Lipinski definition) is 6. The van der Waals surface area contributed by atoms with Crippen LogP contribution < -0.4 is 5.32 Å². The number of piperidine rings is 1. The number of rotatable bonds is 5. The van der Waals surface area contributed by atoms with Gasteiger partial charge >= 0.3 is 6.18 Å². The van der Waals surface area contributed by atoms with Gasteiger partial charge in [0.05, 0.1) is 5.56 Å². The zero-order chi connectivity index (χ0) is 19.9. The monoisotopic (exact) mass is 396 g/mol. The highest BCUT2D eigenvalue weighted by Gasteiger charge is 2.45. The first kappa shape index (κ1) is 19.2. The Hall–Kier alpha value is -2.13. The largest absolute Gasteiger partial charge is 0.416 e. The van der Waals surface area contributed by atoms with Gasteiger partial charge in [-0.3, -0.25) is 4.90 Å². The van der Waals surface area contributed by atoms with Crippen molar-refractivity contribution >= 4 is 5.69 Å². The van der Waals surface area contributed by atoms with Crippen LogP contribution in [0, 0.1) is 0 Å². The molecule has 9 heteroatoms. The number of halogens is 3. The van der Waals surface area contributed by atoms with E-state index in [1.807, 2.05) is 11.8 Å². The molecule has 0 aliphatic carbocycles. The minimum Gasteiger partial charge on any atom is -0.361 e. The highest BCUT2D eigenvalue weighted by molar-refractivity contribution is 5.45. The molecule has 1 aromatic carbocycles. The van der Waals surface area contributed by atoms with Crippen molar-refractivity contribution < 1.29 is 22.8 Å². The molecule has 6 nitrogen and oxygen atoms in total. The average molecular weight is 396 g/mol. The van der Waals surface area contributed by atoms with Gasteiger partial charge in [0.1, 0.15) is 0 Å². The number of aliphatic hydroxyl groups excluding tert-OH is 1. The number of anilines is 1. The van der Waals surface area contributed by atoms with Gasteiger partial charge in [-0.15, -0.1) is 0 Å². The molecule has 2 fully saturated rings. The number of aliphatic hydroxyl groups is 1. The zero-order valence-corrected chi connectivity index (χ0v) is 15.5. The van der Waals surface area contributed by atoms with Gasteiger partial charge in [-0.2, -0.15) is 18.2 Å². The molecule has 152 valence electrons. The Morgan fingerprint density at radius 1 is 1.21 bits per heavy atom. The molecule has 2 aromatic rings. The number of nitrogens with one attached hydrogen (secondary N) is 1. The fourth-order valence-electron chi connectivity index (χ4n) is 4.37. The molecule has 3 unspecified atom stereocenters. The zero-order valence-electron chi connectivity index (χ0n) is 15.5. The number of aromatic nitrogens is 2. The molecule has 28 heavy (non-hydrogen) atoms. The molecule has 2 saturated heterocycles. The topological polar surface area (TPSA) is 74.4 Å². The van der Waals surface area contributed by atoms with Crippen LogP contribution in [0.1, 0.15) is 55.8 Å². The lowest BCUT2D eigenvalue weighted by Crippen LogP contribution is -2.51. The SMILES string of the molecule is CCc1noc(C2CC3CCC(C2)N3C(O)Nc2ccc(C(F)(F)F)cc2)n1. The Morgan fingerprint density at radius 2 is 1.86 bits per heavy atom. The number of alkyl halides is 3. The number of benzene rings is 1. The van der Waals surface area contributed by atoms with Crippen LogP contribution in [0.15, 0.2) is 28.8 Å². The molecule has 0 saturated carbocycles. The Labute approximate surface area is 160 Å². The second-order valence-corrected chi connectivity index (χ2v) is 7.50. The van der Waals surface area contributed by atoms with E-state index >= 15 is 0 Å². The van der Waals surface area contributed by atoms with E-state index in [9.17, 15) is 18.3 Å². The van der Waals surface area contributed by atoms with E-state index in [2.05, 4.69) is 15.5 Å². The van der Waals surface area contributed by atoms with Crippen molar-refractivity contribution in [1.82, 2.24) is 15.0 Å². The number of nitrogens with zero attached hydrogens (tertiary/aromatic N) is 3. The third kappa shape index (κ3) is 3.73. The molecule has 2 aliphatic rings. The lowest BCUT2D eigenvalue weighted by molar-refractivity contribution is -0.137. The maximum atomic E-state index is 12.7. The van der Waals surface area contributed by atoms with Crippen LogP contribution in [0.3, 0.4) is 0 Å². The van der Waals surface area contributed by atoms with Crippen molar-refractivity contribution in [2.24, 2.45) is 0 Å². The lowest BCUT2D eigenvalue weighted by Gasteiger charge is -2.40. The summed E-state index contributed by atoms with van der Waals surface area (Å²) < 4.78 is 43.5. The summed E-state index contributed by atoms with van der Waals surface area (Å²) in [6.07, 6.45) is -1.05. The quantitative estimate of drug-likeness (QED) is 0.750. The smallest absolute Gasteiger partial charge is 0.361 e. The third-order valence-corrected chi connectivity index (χ3v) is 5.73. The Balaban J connectivity index is 1.41. The maximum absolute atomic E-state index is 12.7. The van der Waals surface area contributed by atoms with Gasteiger partial charge < -0.3 is 14.9 Å². The normalized spacial score (nSPS) is 26.4. The van der Waals surface area contributed by atoms with E-state index in [-0.39, 0.29) is 18.0 Å². The summed E-state index contributed by atoms with van der Waals surface area (Å²) >= 11 is 0.